The smallest absolute Gasteiger partial charge is 0.0536 e. The van der Waals surface area contributed by atoms with E-state index in [0.717, 1.165) is 44.4 Å². The normalized spacial score (nSPS) is 41.2. The first kappa shape index (κ1) is 14.3. The molecule has 2 N–H and O–H groups in total. The molecule has 0 aromatic heterocycles. The van der Waals surface area contributed by atoms with Crippen molar-refractivity contribution in [2.24, 2.45) is 17.3 Å². The highest BCUT2D eigenvalue weighted by Crippen LogP contribution is 2.33. The van der Waals surface area contributed by atoms with Crippen molar-refractivity contribution >= 4 is 0 Å². The summed E-state index contributed by atoms with van der Waals surface area (Å²) in [7, 11) is 0. The predicted molar refractivity (Wildman–Crippen MR) is 73.5 cm³/mol. The second-order valence-electron chi connectivity index (χ2n) is 6.62. The second kappa shape index (κ2) is 6.36. The van der Waals surface area contributed by atoms with Gasteiger partial charge in [0.05, 0.1) is 6.61 Å². The summed E-state index contributed by atoms with van der Waals surface area (Å²) >= 11 is 0. The van der Waals surface area contributed by atoms with Crippen LogP contribution in [0.5, 0.6) is 0 Å². The van der Waals surface area contributed by atoms with Crippen molar-refractivity contribution in [1.29, 1.82) is 0 Å². The molecule has 0 radical (unpaired) electrons. The molecule has 0 amide bonds. The zero-order valence-corrected chi connectivity index (χ0v) is 12.0. The fourth-order valence-electron chi connectivity index (χ4n) is 3.41. The van der Waals surface area contributed by atoms with E-state index in [-0.39, 0.29) is 12.0 Å². The van der Waals surface area contributed by atoms with Gasteiger partial charge in [-0.1, -0.05) is 13.8 Å². The van der Waals surface area contributed by atoms with Gasteiger partial charge in [-0.2, -0.15) is 0 Å². The highest BCUT2D eigenvalue weighted by atomic mass is 16.5. The van der Waals surface area contributed by atoms with Crippen LogP contribution in [0.3, 0.4) is 0 Å². The highest BCUT2D eigenvalue weighted by Gasteiger charge is 2.35. The van der Waals surface area contributed by atoms with Gasteiger partial charge in [0, 0.05) is 31.2 Å². The van der Waals surface area contributed by atoms with E-state index < -0.39 is 0 Å². The van der Waals surface area contributed by atoms with Crippen molar-refractivity contribution in [2.45, 2.75) is 52.0 Å². The van der Waals surface area contributed by atoms with E-state index in [1.807, 2.05) is 0 Å². The van der Waals surface area contributed by atoms with Crippen LogP contribution in [0, 0.1) is 17.3 Å². The summed E-state index contributed by atoms with van der Waals surface area (Å²) in [4.78, 5) is 0. The van der Waals surface area contributed by atoms with E-state index >= 15 is 0 Å². The molecule has 0 bridgehead atoms. The molecule has 3 nitrogen and oxygen atoms in total. The van der Waals surface area contributed by atoms with Crippen molar-refractivity contribution in [3.05, 3.63) is 0 Å². The third-order valence-corrected chi connectivity index (χ3v) is 5.19. The molecule has 1 saturated heterocycles. The third kappa shape index (κ3) is 3.46. The summed E-state index contributed by atoms with van der Waals surface area (Å²) in [6, 6.07) is 0.673. The zero-order chi connectivity index (χ0) is 13.0. The molecule has 1 saturated carbocycles. The van der Waals surface area contributed by atoms with Crippen LogP contribution in [0.1, 0.15) is 46.0 Å². The molecule has 106 valence electrons. The van der Waals surface area contributed by atoms with E-state index in [9.17, 15) is 5.11 Å². The Hall–Kier alpha value is -0.120. The zero-order valence-electron chi connectivity index (χ0n) is 12.0. The first-order chi connectivity index (χ1) is 8.65. The SMILES string of the molecule is C[C@@H]1CC[C@H](NC[C@@]2(CCO)CCOC2)C[C@H]1C. The lowest BCUT2D eigenvalue weighted by Gasteiger charge is -2.35. The summed E-state index contributed by atoms with van der Waals surface area (Å²) < 4.78 is 5.54. The Kier molecular flexibility index (Phi) is 5.05. The molecule has 2 rings (SSSR count). The van der Waals surface area contributed by atoms with Crippen LogP contribution in [0.15, 0.2) is 0 Å². The molecule has 0 spiro atoms. The van der Waals surface area contributed by atoms with E-state index in [2.05, 4.69) is 19.2 Å². The number of rotatable bonds is 5. The summed E-state index contributed by atoms with van der Waals surface area (Å²) in [6.45, 7) is 7.72. The first-order valence-electron chi connectivity index (χ1n) is 7.57. The van der Waals surface area contributed by atoms with Crippen LogP contribution in [0.25, 0.3) is 0 Å². The van der Waals surface area contributed by atoms with Crippen molar-refractivity contribution in [3.63, 3.8) is 0 Å². The lowest BCUT2D eigenvalue weighted by molar-refractivity contribution is 0.116. The van der Waals surface area contributed by atoms with E-state index in [1.54, 1.807) is 0 Å². The van der Waals surface area contributed by atoms with Gasteiger partial charge in [0.15, 0.2) is 0 Å². The molecular weight excluding hydrogens is 226 g/mol. The van der Waals surface area contributed by atoms with Crippen molar-refractivity contribution in [1.82, 2.24) is 5.32 Å². The van der Waals surface area contributed by atoms with Crippen LogP contribution < -0.4 is 5.32 Å². The van der Waals surface area contributed by atoms with Gasteiger partial charge in [0.25, 0.3) is 0 Å². The van der Waals surface area contributed by atoms with Crippen LogP contribution >= 0.6 is 0 Å². The minimum Gasteiger partial charge on any atom is -0.396 e. The molecule has 1 heterocycles. The number of aliphatic hydroxyl groups excluding tert-OH is 1. The van der Waals surface area contributed by atoms with E-state index in [4.69, 9.17) is 4.74 Å². The fraction of sp³-hybridized carbons (Fsp3) is 1.00. The summed E-state index contributed by atoms with van der Waals surface area (Å²) in [5.74, 6) is 1.72. The van der Waals surface area contributed by atoms with Gasteiger partial charge in [0.2, 0.25) is 0 Å². The number of nitrogens with one attached hydrogen (secondary N) is 1. The number of hydrogen-bond acceptors (Lipinski definition) is 3. The minimum absolute atomic E-state index is 0.195. The molecule has 3 heteroatoms. The monoisotopic (exact) mass is 255 g/mol. The molecule has 18 heavy (non-hydrogen) atoms. The minimum atomic E-state index is 0.195. The Bertz CT molecular complexity index is 251. The van der Waals surface area contributed by atoms with Crippen molar-refractivity contribution < 1.29 is 9.84 Å². The fourth-order valence-corrected chi connectivity index (χ4v) is 3.41. The molecule has 2 fully saturated rings. The van der Waals surface area contributed by atoms with Gasteiger partial charge in [-0.25, -0.2) is 0 Å². The molecular formula is C15H29NO2. The van der Waals surface area contributed by atoms with Gasteiger partial charge in [0.1, 0.15) is 0 Å². The molecule has 0 aromatic rings. The molecule has 1 aliphatic heterocycles. The highest BCUT2D eigenvalue weighted by molar-refractivity contribution is 4.88. The molecule has 1 aliphatic carbocycles. The van der Waals surface area contributed by atoms with Crippen LogP contribution in [0.2, 0.25) is 0 Å². The van der Waals surface area contributed by atoms with Gasteiger partial charge in [-0.3, -0.25) is 0 Å². The largest absolute Gasteiger partial charge is 0.396 e. The van der Waals surface area contributed by atoms with Gasteiger partial charge in [-0.15, -0.1) is 0 Å². The van der Waals surface area contributed by atoms with E-state index in [0.29, 0.717) is 6.04 Å². The van der Waals surface area contributed by atoms with Gasteiger partial charge >= 0.3 is 0 Å². The topological polar surface area (TPSA) is 41.5 Å². The number of ether oxygens (including phenoxy) is 1. The maximum Gasteiger partial charge on any atom is 0.0536 e. The van der Waals surface area contributed by atoms with E-state index in [1.165, 1.54) is 19.3 Å². The second-order valence-corrected chi connectivity index (χ2v) is 6.62. The van der Waals surface area contributed by atoms with Crippen molar-refractivity contribution in [2.75, 3.05) is 26.4 Å². The molecule has 0 unspecified atom stereocenters. The van der Waals surface area contributed by atoms with Gasteiger partial charge < -0.3 is 15.2 Å². The number of hydrogen-bond donors (Lipinski definition) is 2. The molecule has 0 aromatic carbocycles. The Morgan fingerprint density at radius 1 is 1.28 bits per heavy atom. The average molecular weight is 255 g/mol. The van der Waals surface area contributed by atoms with Gasteiger partial charge in [-0.05, 0) is 43.9 Å². The summed E-state index contributed by atoms with van der Waals surface area (Å²) in [5, 5.41) is 13.0. The van der Waals surface area contributed by atoms with Crippen LogP contribution in [0.4, 0.5) is 0 Å². The Morgan fingerprint density at radius 2 is 2.11 bits per heavy atom. The standard InChI is InChI=1S/C15H29NO2/c1-12-3-4-14(9-13(12)2)16-10-15(5-7-17)6-8-18-11-15/h12-14,16-17H,3-11H2,1-2H3/t12-,13-,14+,15-/m1/s1. The maximum atomic E-state index is 9.22. The van der Waals surface area contributed by atoms with Crippen LogP contribution in [-0.4, -0.2) is 37.5 Å². The molecule has 4 atom stereocenters. The maximum absolute atomic E-state index is 9.22. The van der Waals surface area contributed by atoms with Crippen LogP contribution in [-0.2, 0) is 4.74 Å². The summed E-state index contributed by atoms with van der Waals surface area (Å²) in [6.07, 6.45) is 5.93. The summed E-state index contributed by atoms with van der Waals surface area (Å²) in [5.41, 5.74) is 0.195. The number of aliphatic hydroxyl groups is 1. The lowest BCUT2D eigenvalue weighted by Crippen LogP contribution is -2.43. The molecule has 2 aliphatic rings. The Labute approximate surface area is 111 Å². The average Bonchev–Trinajstić information content (AvgIpc) is 2.80. The third-order valence-electron chi connectivity index (χ3n) is 5.19. The lowest BCUT2D eigenvalue weighted by atomic mass is 9.78. The Morgan fingerprint density at radius 3 is 2.72 bits per heavy atom. The predicted octanol–water partition coefficient (Wildman–Crippen LogP) is 2.19. The Balaban J connectivity index is 1.79. The quantitative estimate of drug-likeness (QED) is 0.791. The van der Waals surface area contributed by atoms with Crippen molar-refractivity contribution in [3.8, 4) is 0 Å². The first-order valence-corrected chi connectivity index (χ1v) is 7.57.